The molecule has 0 bridgehead atoms. The summed E-state index contributed by atoms with van der Waals surface area (Å²) in [7, 11) is 1.57. The number of nitrogens with zero attached hydrogens (tertiary/aromatic N) is 4. The van der Waals surface area contributed by atoms with E-state index in [1.807, 2.05) is 11.8 Å². The molecule has 3 fully saturated rings. The van der Waals surface area contributed by atoms with Gasteiger partial charge in [-0.25, -0.2) is 13.6 Å². The molecule has 0 unspecified atom stereocenters. The molecule has 10 nitrogen and oxygen atoms in total. The Balaban J connectivity index is 1.41. The molecule has 12 heteroatoms. The number of nitrogens with one attached hydrogen (secondary N) is 1. The Bertz CT molecular complexity index is 2030. The first-order valence-electron chi connectivity index (χ1n) is 15.3. The summed E-state index contributed by atoms with van der Waals surface area (Å²) in [4.78, 5) is 39.6. The molecule has 2 N–H and O–H groups in total. The van der Waals surface area contributed by atoms with Gasteiger partial charge < -0.3 is 24.5 Å². The highest BCUT2D eigenvalue weighted by Crippen LogP contribution is 2.42. The second kappa shape index (κ2) is 10.9. The van der Waals surface area contributed by atoms with E-state index in [9.17, 15) is 23.5 Å². The minimum atomic E-state index is -0.940. The maximum atomic E-state index is 14.9. The molecule has 3 saturated heterocycles. The number of benzene rings is 2. The van der Waals surface area contributed by atoms with Gasteiger partial charge in [0, 0.05) is 49.1 Å². The molecule has 238 valence electrons. The Labute approximate surface area is 263 Å². The molecule has 2 aromatic heterocycles. The Morgan fingerprint density at radius 2 is 2.09 bits per heavy atom. The maximum absolute atomic E-state index is 14.9. The number of anilines is 1. The van der Waals surface area contributed by atoms with E-state index in [1.165, 1.54) is 24.3 Å². The molecule has 0 spiro atoms. The number of ether oxygens (including phenoxy) is 1. The molecule has 1 amide bonds. The van der Waals surface area contributed by atoms with Crippen molar-refractivity contribution >= 4 is 33.4 Å². The molecule has 0 radical (unpaired) electrons. The predicted octanol–water partition coefficient (Wildman–Crippen LogP) is 4.06. The summed E-state index contributed by atoms with van der Waals surface area (Å²) < 4.78 is 41.5. The summed E-state index contributed by atoms with van der Waals surface area (Å²) in [6, 6.07) is 5.22. The fourth-order valence-corrected chi connectivity index (χ4v) is 7.51. The number of fused-ring (bicyclic) bond motifs is 3. The van der Waals surface area contributed by atoms with Crippen molar-refractivity contribution in [2.24, 2.45) is 5.92 Å². The van der Waals surface area contributed by atoms with Crippen LogP contribution in [0.3, 0.4) is 0 Å². The fourth-order valence-electron chi connectivity index (χ4n) is 7.51. The number of aromatic nitrogens is 2. The van der Waals surface area contributed by atoms with Gasteiger partial charge in [0.15, 0.2) is 5.82 Å². The number of alkyl halides is 1. The first-order chi connectivity index (χ1) is 22.0. The molecule has 3 aliphatic heterocycles. The molecule has 2 aromatic carbocycles. The van der Waals surface area contributed by atoms with Crippen LogP contribution in [0.2, 0.25) is 0 Å². The number of terminal acetylenes is 1. The summed E-state index contributed by atoms with van der Waals surface area (Å²) in [5.74, 6) is 1.46. The fraction of sp³-hybridized carbons (Fsp3) is 0.412. The van der Waals surface area contributed by atoms with Gasteiger partial charge in [0.25, 0.3) is 0 Å². The van der Waals surface area contributed by atoms with Crippen LogP contribution in [0, 0.1) is 31.0 Å². The van der Waals surface area contributed by atoms with Crippen LogP contribution in [0.15, 0.2) is 33.5 Å². The highest BCUT2D eigenvalue weighted by molar-refractivity contribution is 6.03. The molecule has 7 rings (SSSR count). The van der Waals surface area contributed by atoms with E-state index in [1.54, 1.807) is 14.0 Å². The maximum Gasteiger partial charge on any atom is 0.349 e. The van der Waals surface area contributed by atoms with Gasteiger partial charge in [-0.1, -0.05) is 12.0 Å². The van der Waals surface area contributed by atoms with Gasteiger partial charge >= 0.3 is 11.6 Å². The molecule has 5 heterocycles. The number of amides is 1. The molecule has 46 heavy (non-hydrogen) atoms. The van der Waals surface area contributed by atoms with Crippen LogP contribution >= 0.6 is 0 Å². The van der Waals surface area contributed by atoms with Crippen molar-refractivity contribution in [3.63, 3.8) is 0 Å². The zero-order valence-corrected chi connectivity index (χ0v) is 25.7. The number of aryl methyl sites for hydroxylation is 1. The third kappa shape index (κ3) is 4.55. The number of carbonyl (C=O) groups excluding carboxylic acids is 1. The minimum Gasteiger partial charge on any atom is -0.508 e. The highest BCUT2D eigenvalue weighted by Gasteiger charge is 2.49. The lowest BCUT2D eigenvalue weighted by Crippen LogP contribution is -2.60. The van der Waals surface area contributed by atoms with Gasteiger partial charge in [-0.2, -0.15) is 9.97 Å². The largest absolute Gasteiger partial charge is 0.508 e. The van der Waals surface area contributed by atoms with Crippen LogP contribution in [0.5, 0.6) is 11.8 Å². The van der Waals surface area contributed by atoms with Crippen LogP contribution < -0.4 is 20.6 Å². The highest BCUT2D eigenvalue weighted by atomic mass is 19.1. The second-order valence-corrected chi connectivity index (χ2v) is 12.5. The lowest BCUT2D eigenvalue weighted by Gasteiger charge is -2.46. The van der Waals surface area contributed by atoms with E-state index < -0.39 is 23.2 Å². The summed E-state index contributed by atoms with van der Waals surface area (Å²) in [6.07, 6.45) is 6.84. The summed E-state index contributed by atoms with van der Waals surface area (Å²) in [5.41, 5.74) is -0.410. The third-order valence-electron chi connectivity index (χ3n) is 9.96. The smallest absolute Gasteiger partial charge is 0.349 e. The number of phenolic OH excluding ortho intramolecular Hbond substituents is 1. The monoisotopic (exact) mass is 629 g/mol. The summed E-state index contributed by atoms with van der Waals surface area (Å²) in [6.45, 7) is 5.19. The number of hydrogen-bond donors (Lipinski definition) is 2. The van der Waals surface area contributed by atoms with E-state index in [4.69, 9.17) is 15.6 Å². The van der Waals surface area contributed by atoms with Crippen molar-refractivity contribution < 1.29 is 27.8 Å². The van der Waals surface area contributed by atoms with Gasteiger partial charge in [0.2, 0.25) is 5.91 Å². The SMILES string of the molecule is C#Cc1c(F)ccc2cc(O)cc(-c3oc(=O)c4c(N5C[C@@H](C(=O)NC)[C@H]5C)nc(OC[C@@]56CCCN5C[C@H](F)C6)nc4c3C)c12. The molecule has 4 aromatic rings. The Morgan fingerprint density at radius 1 is 1.28 bits per heavy atom. The van der Waals surface area contributed by atoms with E-state index in [-0.39, 0.29) is 69.8 Å². The number of carbonyl (C=O) groups is 1. The van der Waals surface area contributed by atoms with Crippen molar-refractivity contribution in [1.29, 1.82) is 0 Å². The van der Waals surface area contributed by atoms with Crippen LogP contribution in [-0.4, -0.2) is 76.9 Å². The number of rotatable bonds is 6. The second-order valence-electron chi connectivity index (χ2n) is 12.5. The number of aromatic hydroxyl groups is 1. The predicted molar refractivity (Wildman–Crippen MR) is 168 cm³/mol. The van der Waals surface area contributed by atoms with Crippen LogP contribution in [-0.2, 0) is 4.79 Å². The van der Waals surface area contributed by atoms with E-state index in [0.717, 1.165) is 19.4 Å². The molecular formula is C34H33F2N5O5. The molecule has 0 saturated carbocycles. The zero-order chi connectivity index (χ0) is 32.5. The molecule has 4 atom stereocenters. The van der Waals surface area contributed by atoms with Gasteiger partial charge in [0.1, 0.15) is 35.5 Å². The van der Waals surface area contributed by atoms with Crippen molar-refractivity contribution in [2.45, 2.75) is 50.9 Å². The van der Waals surface area contributed by atoms with Gasteiger partial charge in [-0.05, 0) is 56.8 Å². The number of phenols is 1. The summed E-state index contributed by atoms with van der Waals surface area (Å²) >= 11 is 0. The number of halogens is 2. The van der Waals surface area contributed by atoms with Gasteiger partial charge in [-0.15, -0.1) is 6.42 Å². The average molecular weight is 630 g/mol. The van der Waals surface area contributed by atoms with Crippen molar-refractivity contribution in [3.05, 3.63) is 51.6 Å². The summed E-state index contributed by atoms with van der Waals surface area (Å²) in [5, 5.41) is 14.1. The quantitative estimate of drug-likeness (QED) is 0.304. The normalized spacial score (nSPS) is 24.2. The van der Waals surface area contributed by atoms with E-state index in [0.29, 0.717) is 35.8 Å². The van der Waals surface area contributed by atoms with Crippen LogP contribution in [0.1, 0.15) is 37.3 Å². The van der Waals surface area contributed by atoms with Crippen molar-refractivity contribution in [3.8, 4) is 35.4 Å². The first kappa shape index (κ1) is 29.9. The average Bonchev–Trinajstić information content (AvgIpc) is 3.56. The molecule has 3 aliphatic rings. The van der Waals surface area contributed by atoms with Crippen molar-refractivity contribution in [1.82, 2.24) is 20.2 Å². The number of hydrogen-bond acceptors (Lipinski definition) is 9. The Hall–Kier alpha value is -4.76. The lowest BCUT2D eigenvalue weighted by molar-refractivity contribution is -0.126. The van der Waals surface area contributed by atoms with Crippen molar-refractivity contribution in [2.75, 3.05) is 38.2 Å². The zero-order valence-electron chi connectivity index (χ0n) is 25.7. The Morgan fingerprint density at radius 3 is 2.83 bits per heavy atom. The van der Waals surface area contributed by atoms with E-state index in [2.05, 4.69) is 26.1 Å². The van der Waals surface area contributed by atoms with Gasteiger partial charge in [-0.3, -0.25) is 9.69 Å². The molecule has 0 aliphatic carbocycles. The minimum absolute atomic E-state index is 0.00241. The standard InChI is InChI=1S/C34H33F2N5O5/c1-5-22-25(36)8-7-19-11-21(42)12-23(26(19)22)29-17(2)28-27(32(44)46-29)30(41-15-24(18(41)3)31(43)37-4)39-33(38-28)45-16-34-9-6-10-40(34)14-20(35)13-34/h1,7-8,11-12,18,20,24,42H,6,9-10,13-16H2,2-4H3,(H,37,43)/t18-,20-,24-,34+/m1/s1. The van der Waals surface area contributed by atoms with Gasteiger partial charge in [0.05, 0.1) is 22.5 Å². The van der Waals surface area contributed by atoms with Crippen LogP contribution in [0.4, 0.5) is 14.6 Å². The Kier molecular flexibility index (Phi) is 7.12. The lowest BCUT2D eigenvalue weighted by atomic mass is 9.88. The topological polar surface area (TPSA) is 121 Å². The molecular weight excluding hydrogens is 596 g/mol. The third-order valence-corrected chi connectivity index (χ3v) is 9.96. The van der Waals surface area contributed by atoms with E-state index >= 15 is 0 Å². The van der Waals surface area contributed by atoms with Crippen LogP contribution in [0.25, 0.3) is 33.0 Å². The first-order valence-corrected chi connectivity index (χ1v) is 15.3.